The van der Waals surface area contributed by atoms with Crippen LogP contribution in [-0.2, 0) is 9.84 Å². The highest BCUT2D eigenvalue weighted by atomic mass is 32.2. The van der Waals surface area contributed by atoms with E-state index in [1.807, 2.05) is 0 Å². The molecule has 0 amide bonds. The molecule has 0 aliphatic heterocycles. The van der Waals surface area contributed by atoms with Crippen molar-refractivity contribution >= 4 is 9.84 Å². The molecule has 1 fully saturated rings. The van der Waals surface area contributed by atoms with E-state index < -0.39 is 9.84 Å². The zero-order valence-electron chi connectivity index (χ0n) is 12.3. The summed E-state index contributed by atoms with van der Waals surface area (Å²) < 4.78 is 28.5. The molecule has 1 N–H and O–H groups in total. The van der Waals surface area contributed by atoms with Gasteiger partial charge in [-0.15, -0.1) is 0 Å². The molecule has 112 valence electrons. The fourth-order valence-corrected chi connectivity index (χ4v) is 2.45. The van der Waals surface area contributed by atoms with Crippen molar-refractivity contribution in [3.8, 4) is 5.75 Å². The molecular weight excluding hydrogens is 274 g/mol. The molecule has 1 aromatic carbocycles. The molecule has 1 aliphatic rings. The summed E-state index contributed by atoms with van der Waals surface area (Å²) in [6.07, 6.45) is 3.77. The van der Waals surface area contributed by atoms with Gasteiger partial charge in [0.15, 0.2) is 9.84 Å². The van der Waals surface area contributed by atoms with E-state index in [4.69, 9.17) is 4.74 Å². The van der Waals surface area contributed by atoms with Crippen LogP contribution in [0.25, 0.3) is 0 Å². The van der Waals surface area contributed by atoms with Crippen LogP contribution in [0.4, 0.5) is 0 Å². The molecule has 4 nitrogen and oxygen atoms in total. The molecule has 0 aromatic heterocycles. The van der Waals surface area contributed by atoms with E-state index in [0.29, 0.717) is 23.3 Å². The number of rotatable bonds is 7. The summed E-state index contributed by atoms with van der Waals surface area (Å²) in [4.78, 5) is 0.319. The maximum absolute atomic E-state index is 11.4. The van der Waals surface area contributed by atoms with Gasteiger partial charge in [0.25, 0.3) is 0 Å². The van der Waals surface area contributed by atoms with Gasteiger partial charge in [-0.05, 0) is 37.1 Å². The molecule has 2 rings (SSSR count). The number of nitrogens with one attached hydrogen (secondary N) is 1. The predicted molar refractivity (Wildman–Crippen MR) is 79.9 cm³/mol. The fourth-order valence-electron chi connectivity index (χ4n) is 1.82. The Morgan fingerprint density at radius 3 is 2.35 bits per heavy atom. The predicted octanol–water partition coefficient (Wildman–Crippen LogP) is 2.25. The van der Waals surface area contributed by atoms with Crippen LogP contribution in [0.15, 0.2) is 29.2 Å². The fraction of sp³-hybridized carbons (Fsp3) is 0.600. The van der Waals surface area contributed by atoms with Gasteiger partial charge in [-0.2, -0.15) is 0 Å². The Kier molecular flexibility index (Phi) is 4.39. The molecule has 0 heterocycles. The van der Waals surface area contributed by atoms with E-state index in [2.05, 4.69) is 19.2 Å². The highest BCUT2D eigenvalue weighted by Crippen LogP contribution is 2.23. The van der Waals surface area contributed by atoms with Gasteiger partial charge in [0.2, 0.25) is 0 Å². The van der Waals surface area contributed by atoms with Gasteiger partial charge in [-0.25, -0.2) is 8.42 Å². The number of benzene rings is 1. The first-order valence-corrected chi connectivity index (χ1v) is 8.82. The minimum absolute atomic E-state index is 0.0537. The summed E-state index contributed by atoms with van der Waals surface area (Å²) in [5.41, 5.74) is 0.0537. The van der Waals surface area contributed by atoms with Gasteiger partial charge in [-0.1, -0.05) is 13.8 Å². The zero-order chi connectivity index (χ0) is 14.8. The maximum Gasteiger partial charge on any atom is 0.175 e. The Balaban J connectivity index is 1.86. The van der Waals surface area contributed by atoms with E-state index in [-0.39, 0.29) is 5.41 Å². The molecule has 0 unspecified atom stereocenters. The van der Waals surface area contributed by atoms with Crippen molar-refractivity contribution in [3.05, 3.63) is 24.3 Å². The van der Waals surface area contributed by atoms with E-state index in [1.165, 1.54) is 19.1 Å². The number of hydrogen-bond acceptors (Lipinski definition) is 4. The normalized spacial score (nSPS) is 16.1. The molecule has 0 bridgehead atoms. The minimum Gasteiger partial charge on any atom is -0.493 e. The molecule has 0 radical (unpaired) electrons. The topological polar surface area (TPSA) is 55.4 Å². The van der Waals surface area contributed by atoms with Gasteiger partial charge in [0.05, 0.1) is 11.5 Å². The molecule has 0 atom stereocenters. The monoisotopic (exact) mass is 297 g/mol. The lowest BCUT2D eigenvalue weighted by atomic mass is 9.95. The maximum atomic E-state index is 11.4. The van der Waals surface area contributed by atoms with Gasteiger partial charge in [0, 0.05) is 24.3 Å². The second-order valence-electron chi connectivity index (χ2n) is 6.35. The zero-order valence-corrected chi connectivity index (χ0v) is 13.2. The molecule has 0 saturated heterocycles. The third-order valence-electron chi connectivity index (χ3n) is 3.33. The van der Waals surface area contributed by atoms with Crippen LogP contribution < -0.4 is 10.1 Å². The molecule has 20 heavy (non-hydrogen) atoms. The average molecular weight is 297 g/mol. The Morgan fingerprint density at radius 1 is 1.25 bits per heavy atom. The van der Waals surface area contributed by atoms with Gasteiger partial charge in [-0.3, -0.25) is 0 Å². The van der Waals surface area contributed by atoms with Gasteiger partial charge >= 0.3 is 0 Å². The molecule has 5 heteroatoms. The molecular formula is C15H23NO3S. The SMILES string of the molecule is CC(C)(CNC1CC1)COc1ccc(S(C)(=O)=O)cc1. The summed E-state index contributed by atoms with van der Waals surface area (Å²) in [6.45, 7) is 5.85. The Morgan fingerprint density at radius 2 is 1.85 bits per heavy atom. The Labute approximate surface area is 121 Å². The smallest absolute Gasteiger partial charge is 0.175 e. The number of sulfone groups is 1. The largest absolute Gasteiger partial charge is 0.493 e. The van der Waals surface area contributed by atoms with Crippen molar-refractivity contribution in [3.63, 3.8) is 0 Å². The summed E-state index contributed by atoms with van der Waals surface area (Å²) in [5, 5.41) is 3.50. The highest BCUT2D eigenvalue weighted by molar-refractivity contribution is 7.90. The summed E-state index contributed by atoms with van der Waals surface area (Å²) in [7, 11) is -3.14. The first-order valence-electron chi connectivity index (χ1n) is 6.93. The van der Waals surface area contributed by atoms with Crippen LogP contribution >= 0.6 is 0 Å². The number of ether oxygens (including phenoxy) is 1. The summed E-state index contributed by atoms with van der Waals surface area (Å²) in [5.74, 6) is 0.705. The van der Waals surface area contributed by atoms with Crippen molar-refractivity contribution in [2.75, 3.05) is 19.4 Å². The summed E-state index contributed by atoms with van der Waals surface area (Å²) >= 11 is 0. The van der Waals surface area contributed by atoms with Crippen molar-refractivity contribution in [2.24, 2.45) is 5.41 Å². The second-order valence-corrected chi connectivity index (χ2v) is 8.37. The molecule has 1 saturated carbocycles. The highest BCUT2D eigenvalue weighted by Gasteiger charge is 2.25. The molecule has 1 aromatic rings. The van der Waals surface area contributed by atoms with E-state index in [9.17, 15) is 8.42 Å². The Bertz CT molecular complexity index is 545. The number of hydrogen-bond donors (Lipinski definition) is 1. The van der Waals surface area contributed by atoms with Crippen LogP contribution in [0.1, 0.15) is 26.7 Å². The van der Waals surface area contributed by atoms with E-state index in [1.54, 1.807) is 24.3 Å². The van der Waals surface area contributed by atoms with Crippen LogP contribution in [0.5, 0.6) is 5.75 Å². The van der Waals surface area contributed by atoms with Gasteiger partial charge < -0.3 is 10.1 Å². The quantitative estimate of drug-likeness (QED) is 0.838. The third kappa shape index (κ3) is 4.80. The van der Waals surface area contributed by atoms with Crippen molar-refractivity contribution < 1.29 is 13.2 Å². The minimum atomic E-state index is -3.14. The second kappa shape index (κ2) is 5.74. The first-order chi connectivity index (χ1) is 9.26. The van der Waals surface area contributed by atoms with Crippen LogP contribution in [0, 0.1) is 5.41 Å². The van der Waals surface area contributed by atoms with Crippen molar-refractivity contribution in [1.29, 1.82) is 0 Å². The van der Waals surface area contributed by atoms with Crippen molar-refractivity contribution in [1.82, 2.24) is 5.32 Å². The Hall–Kier alpha value is -1.07. The van der Waals surface area contributed by atoms with Crippen molar-refractivity contribution in [2.45, 2.75) is 37.6 Å². The van der Waals surface area contributed by atoms with Crippen LogP contribution in [0.3, 0.4) is 0 Å². The lowest BCUT2D eigenvalue weighted by Crippen LogP contribution is -2.35. The lowest BCUT2D eigenvalue weighted by Gasteiger charge is -2.25. The first kappa shape index (κ1) is 15.3. The molecule has 0 spiro atoms. The summed E-state index contributed by atoms with van der Waals surface area (Å²) in [6, 6.07) is 7.28. The average Bonchev–Trinajstić information content (AvgIpc) is 3.18. The van der Waals surface area contributed by atoms with Crippen LogP contribution in [-0.4, -0.2) is 33.9 Å². The third-order valence-corrected chi connectivity index (χ3v) is 4.46. The molecule has 1 aliphatic carbocycles. The van der Waals surface area contributed by atoms with Crippen LogP contribution in [0.2, 0.25) is 0 Å². The van der Waals surface area contributed by atoms with Gasteiger partial charge in [0.1, 0.15) is 5.75 Å². The lowest BCUT2D eigenvalue weighted by molar-refractivity contribution is 0.176. The standard InChI is InChI=1S/C15H23NO3S/c1-15(2,10-16-12-4-5-12)11-19-13-6-8-14(9-7-13)20(3,17)18/h6-9,12,16H,4-5,10-11H2,1-3H3. The van der Waals surface area contributed by atoms with E-state index >= 15 is 0 Å². The van der Waals surface area contributed by atoms with E-state index in [0.717, 1.165) is 6.54 Å².